The van der Waals surface area contributed by atoms with Gasteiger partial charge >= 0.3 is 5.97 Å². The van der Waals surface area contributed by atoms with E-state index >= 15 is 4.39 Å². The minimum Gasteiger partial charge on any atom is -0.477 e. The van der Waals surface area contributed by atoms with E-state index in [1.165, 1.54) is 6.20 Å². The molecule has 4 heterocycles. The standard InChI is InChI=1S/C19H23FN4O4/c1-19(2,3)24-7-10(18(26)27)14(25)9-6-11(20)17(22-16(9)24)23-8-12(21)15-13(23)4-5-28-15/h6-7,12-13,15H,4-5,8,21H2,1-3H3,(H,26,27). The quantitative estimate of drug-likeness (QED) is 0.795. The van der Waals surface area contributed by atoms with Crippen molar-refractivity contribution in [3.8, 4) is 0 Å². The van der Waals surface area contributed by atoms with Crippen LogP contribution in [0.4, 0.5) is 10.2 Å². The van der Waals surface area contributed by atoms with Gasteiger partial charge in [-0.25, -0.2) is 14.2 Å². The van der Waals surface area contributed by atoms with Crippen molar-refractivity contribution in [3.63, 3.8) is 0 Å². The summed E-state index contributed by atoms with van der Waals surface area (Å²) in [6.07, 6.45) is 1.83. The third-order valence-corrected chi connectivity index (χ3v) is 5.47. The van der Waals surface area contributed by atoms with Crippen LogP contribution in [0, 0.1) is 5.82 Å². The Kier molecular flexibility index (Phi) is 4.20. The number of aromatic carboxylic acids is 1. The highest BCUT2D eigenvalue weighted by Gasteiger charge is 2.45. The van der Waals surface area contributed by atoms with E-state index in [1.54, 1.807) is 9.47 Å². The lowest BCUT2D eigenvalue weighted by Gasteiger charge is -2.28. The van der Waals surface area contributed by atoms with Crippen molar-refractivity contribution in [1.82, 2.24) is 9.55 Å². The number of ether oxygens (including phenoxy) is 1. The number of anilines is 1. The number of fused-ring (bicyclic) bond motifs is 2. The van der Waals surface area contributed by atoms with Crippen LogP contribution in [0.5, 0.6) is 0 Å². The van der Waals surface area contributed by atoms with Gasteiger partial charge in [-0.3, -0.25) is 4.79 Å². The number of hydrogen-bond donors (Lipinski definition) is 2. The van der Waals surface area contributed by atoms with Crippen LogP contribution in [0.15, 0.2) is 17.1 Å². The number of hydrogen-bond acceptors (Lipinski definition) is 6. The molecule has 2 aliphatic heterocycles. The van der Waals surface area contributed by atoms with E-state index in [1.807, 2.05) is 20.8 Å². The lowest BCUT2D eigenvalue weighted by Crippen LogP contribution is -2.35. The van der Waals surface area contributed by atoms with Crippen LogP contribution in [-0.2, 0) is 10.3 Å². The van der Waals surface area contributed by atoms with Crippen molar-refractivity contribution < 1.29 is 19.0 Å². The molecule has 3 atom stereocenters. The predicted octanol–water partition coefficient (Wildman–Crippen LogP) is 1.29. The van der Waals surface area contributed by atoms with Gasteiger partial charge in [-0.1, -0.05) is 0 Å². The number of rotatable bonds is 2. The predicted molar refractivity (Wildman–Crippen MR) is 101 cm³/mol. The first-order valence-electron chi connectivity index (χ1n) is 9.23. The minimum atomic E-state index is -1.36. The lowest BCUT2D eigenvalue weighted by atomic mass is 10.1. The number of nitrogens with two attached hydrogens (primary N) is 1. The van der Waals surface area contributed by atoms with Gasteiger partial charge in [-0.2, -0.15) is 0 Å². The fourth-order valence-corrected chi connectivity index (χ4v) is 4.13. The third kappa shape index (κ3) is 2.77. The SMILES string of the molecule is CC(C)(C)n1cc(C(=O)O)c(=O)c2cc(F)c(N3CC(N)C4OCCC43)nc21. The zero-order valence-corrected chi connectivity index (χ0v) is 16.0. The normalized spacial score (nSPS) is 24.8. The van der Waals surface area contributed by atoms with Crippen LogP contribution in [0.1, 0.15) is 37.6 Å². The van der Waals surface area contributed by atoms with Crippen molar-refractivity contribution in [2.45, 2.75) is 50.9 Å². The summed E-state index contributed by atoms with van der Waals surface area (Å²) in [6.45, 7) is 6.54. The number of nitrogens with zero attached hydrogens (tertiary/aromatic N) is 3. The van der Waals surface area contributed by atoms with Gasteiger partial charge in [0.15, 0.2) is 11.6 Å². The molecule has 8 nitrogen and oxygen atoms in total. The monoisotopic (exact) mass is 390 g/mol. The van der Waals surface area contributed by atoms with Gasteiger partial charge in [0.1, 0.15) is 11.2 Å². The average Bonchev–Trinajstić information content (AvgIpc) is 3.18. The summed E-state index contributed by atoms with van der Waals surface area (Å²) in [5, 5.41) is 9.32. The zero-order valence-electron chi connectivity index (χ0n) is 16.0. The van der Waals surface area contributed by atoms with Gasteiger partial charge in [-0.15, -0.1) is 0 Å². The molecule has 0 aromatic carbocycles. The molecule has 2 saturated heterocycles. The molecule has 2 fully saturated rings. The van der Waals surface area contributed by atoms with E-state index in [9.17, 15) is 14.7 Å². The Morgan fingerprint density at radius 1 is 1.43 bits per heavy atom. The van der Waals surface area contributed by atoms with Gasteiger partial charge in [0.25, 0.3) is 0 Å². The zero-order chi connectivity index (χ0) is 20.4. The Morgan fingerprint density at radius 2 is 2.14 bits per heavy atom. The molecule has 9 heteroatoms. The second kappa shape index (κ2) is 6.25. The van der Waals surface area contributed by atoms with Gasteiger partial charge in [0.2, 0.25) is 5.43 Å². The summed E-state index contributed by atoms with van der Waals surface area (Å²) in [4.78, 5) is 30.4. The molecule has 0 saturated carbocycles. The molecule has 150 valence electrons. The summed E-state index contributed by atoms with van der Waals surface area (Å²) in [7, 11) is 0. The van der Waals surface area contributed by atoms with Gasteiger partial charge in [0, 0.05) is 24.9 Å². The van der Waals surface area contributed by atoms with Crippen molar-refractivity contribution >= 4 is 22.8 Å². The fraction of sp³-hybridized carbons (Fsp3) is 0.526. The maximum absolute atomic E-state index is 15.0. The van der Waals surface area contributed by atoms with E-state index in [0.29, 0.717) is 13.2 Å². The number of halogens is 1. The maximum atomic E-state index is 15.0. The Bertz CT molecular complexity index is 1030. The number of carboxylic acids is 1. The maximum Gasteiger partial charge on any atom is 0.341 e. The summed E-state index contributed by atoms with van der Waals surface area (Å²) < 4.78 is 22.3. The Balaban J connectivity index is 1.96. The highest BCUT2D eigenvalue weighted by atomic mass is 19.1. The Hall–Kier alpha value is -2.52. The third-order valence-electron chi connectivity index (χ3n) is 5.47. The molecule has 0 aliphatic carbocycles. The number of carboxylic acid groups (broad SMARTS) is 1. The molecule has 28 heavy (non-hydrogen) atoms. The van der Waals surface area contributed by atoms with Gasteiger partial charge in [0.05, 0.1) is 23.6 Å². The average molecular weight is 390 g/mol. The summed E-state index contributed by atoms with van der Waals surface area (Å²) in [5.41, 5.74) is 4.66. The summed E-state index contributed by atoms with van der Waals surface area (Å²) >= 11 is 0. The van der Waals surface area contributed by atoms with Crippen LogP contribution in [0.2, 0.25) is 0 Å². The largest absolute Gasteiger partial charge is 0.477 e. The first-order chi connectivity index (χ1) is 13.1. The van der Waals surface area contributed by atoms with E-state index < -0.39 is 28.3 Å². The van der Waals surface area contributed by atoms with E-state index in [-0.39, 0.29) is 35.0 Å². The molecule has 4 rings (SSSR count). The van der Waals surface area contributed by atoms with E-state index in [2.05, 4.69) is 4.98 Å². The van der Waals surface area contributed by atoms with Crippen LogP contribution in [-0.4, -0.2) is 52.0 Å². The molecule has 0 spiro atoms. The minimum absolute atomic E-state index is 0.0567. The van der Waals surface area contributed by atoms with Crippen molar-refractivity contribution in [1.29, 1.82) is 0 Å². The second-order valence-electron chi connectivity index (χ2n) is 8.39. The number of pyridine rings is 2. The molecular weight excluding hydrogens is 367 g/mol. The fourth-order valence-electron chi connectivity index (χ4n) is 4.13. The molecule has 2 aromatic heterocycles. The van der Waals surface area contributed by atoms with Crippen LogP contribution in [0.3, 0.4) is 0 Å². The lowest BCUT2D eigenvalue weighted by molar-refractivity contribution is 0.0694. The van der Waals surface area contributed by atoms with E-state index in [0.717, 1.165) is 12.5 Å². The number of aromatic nitrogens is 2. The van der Waals surface area contributed by atoms with Gasteiger partial charge in [-0.05, 0) is 33.3 Å². The number of carbonyl (C=O) groups is 1. The first kappa shape index (κ1) is 18.8. The van der Waals surface area contributed by atoms with Crippen LogP contribution < -0.4 is 16.1 Å². The molecule has 0 amide bonds. The van der Waals surface area contributed by atoms with Gasteiger partial charge < -0.3 is 25.0 Å². The molecule has 2 aromatic rings. The van der Waals surface area contributed by atoms with Crippen LogP contribution >= 0.6 is 0 Å². The van der Waals surface area contributed by atoms with Crippen LogP contribution in [0.25, 0.3) is 11.0 Å². The van der Waals surface area contributed by atoms with E-state index in [4.69, 9.17) is 10.5 Å². The highest BCUT2D eigenvalue weighted by molar-refractivity contribution is 5.92. The summed E-state index contributed by atoms with van der Waals surface area (Å²) in [5.74, 6) is -1.92. The van der Waals surface area contributed by atoms with Crippen molar-refractivity contribution in [3.05, 3.63) is 33.9 Å². The molecular formula is C19H23FN4O4. The Labute approximate surface area is 160 Å². The highest BCUT2D eigenvalue weighted by Crippen LogP contribution is 2.34. The molecule has 0 bridgehead atoms. The second-order valence-corrected chi connectivity index (χ2v) is 8.39. The van der Waals surface area contributed by atoms with Crippen molar-refractivity contribution in [2.24, 2.45) is 5.73 Å². The topological polar surface area (TPSA) is 111 Å². The van der Waals surface area contributed by atoms with Crippen molar-refractivity contribution in [2.75, 3.05) is 18.1 Å². The summed E-state index contributed by atoms with van der Waals surface area (Å²) in [6, 6.07) is 0.773. The molecule has 3 N–H and O–H groups in total. The first-order valence-corrected chi connectivity index (χ1v) is 9.23. The smallest absolute Gasteiger partial charge is 0.341 e. The Morgan fingerprint density at radius 3 is 2.79 bits per heavy atom. The molecule has 2 aliphatic rings. The molecule has 3 unspecified atom stereocenters. The molecule has 0 radical (unpaired) electrons.